The van der Waals surface area contributed by atoms with Gasteiger partial charge in [-0.3, -0.25) is 0 Å². The Bertz CT molecular complexity index is 451. The lowest BCUT2D eigenvalue weighted by molar-refractivity contribution is 0.879. The molecule has 0 radical (unpaired) electrons. The zero-order valence-electron chi connectivity index (χ0n) is 8.44. The van der Waals surface area contributed by atoms with Crippen LogP contribution < -0.4 is 5.32 Å². The largest absolute Gasteiger partial charge is 0.369 e. The van der Waals surface area contributed by atoms with E-state index in [1.165, 1.54) is 0 Å². The van der Waals surface area contributed by atoms with E-state index in [2.05, 4.69) is 10.4 Å². The molecule has 0 amide bonds. The molecule has 0 unspecified atom stereocenters. The molecule has 0 spiro atoms. The predicted molar refractivity (Wildman–Crippen MR) is 62.7 cm³/mol. The third-order valence-electron chi connectivity index (χ3n) is 2.02. The maximum atomic E-state index is 5.91. The van der Waals surface area contributed by atoms with E-state index < -0.39 is 0 Å². The van der Waals surface area contributed by atoms with Crippen LogP contribution in [0.5, 0.6) is 0 Å². The van der Waals surface area contributed by atoms with Crippen molar-refractivity contribution >= 4 is 17.4 Å². The molecule has 0 aliphatic rings. The Morgan fingerprint density at radius 1 is 1.40 bits per heavy atom. The molecule has 0 atom stereocenters. The van der Waals surface area contributed by atoms with Gasteiger partial charge in [0.15, 0.2) is 0 Å². The van der Waals surface area contributed by atoms with Gasteiger partial charge >= 0.3 is 0 Å². The summed E-state index contributed by atoms with van der Waals surface area (Å²) in [4.78, 5) is 0. The van der Waals surface area contributed by atoms with Gasteiger partial charge < -0.3 is 5.32 Å². The Morgan fingerprint density at radius 3 is 3.00 bits per heavy atom. The van der Waals surface area contributed by atoms with Crippen LogP contribution in [-0.2, 0) is 0 Å². The summed E-state index contributed by atoms with van der Waals surface area (Å²) in [6, 6.07) is 9.54. The number of hydrogen-bond acceptors (Lipinski definition) is 2. The van der Waals surface area contributed by atoms with E-state index in [4.69, 9.17) is 11.6 Å². The van der Waals surface area contributed by atoms with E-state index in [1.807, 2.05) is 43.5 Å². The molecule has 1 aromatic heterocycles. The predicted octanol–water partition coefficient (Wildman–Crippen LogP) is 2.96. The number of anilines is 1. The molecule has 0 fully saturated rings. The molecule has 1 heterocycles. The summed E-state index contributed by atoms with van der Waals surface area (Å²) in [5.74, 6) is 0.873. The van der Waals surface area contributed by atoms with Crippen molar-refractivity contribution < 1.29 is 0 Å². The third kappa shape index (κ3) is 2.30. The SMILES string of the molecule is CCNc1ccn(-c2cccc(Cl)c2)n1. The molecule has 1 N–H and O–H groups in total. The summed E-state index contributed by atoms with van der Waals surface area (Å²) < 4.78 is 1.80. The van der Waals surface area contributed by atoms with Gasteiger partial charge in [0.1, 0.15) is 5.82 Å². The van der Waals surface area contributed by atoms with Crippen LogP contribution in [-0.4, -0.2) is 16.3 Å². The van der Waals surface area contributed by atoms with E-state index >= 15 is 0 Å². The quantitative estimate of drug-likeness (QED) is 0.864. The van der Waals surface area contributed by atoms with Crippen molar-refractivity contribution in [3.05, 3.63) is 41.6 Å². The zero-order valence-corrected chi connectivity index (χ0v) is 9.20. The standard InChI is InChI=1S/C11H12ClN3/c1-2-13-11-6-7-15(14-11)10-5-3-4-9(12)8-10/h3-8H,2H2,1H3,(H,13,14). The van der Waals surface area contributed by atoms with Crippen molar-refractivity contribution in [2.75, 3.05) is 11.9 Å². The van der Waals surface area contributed by atoms with Crippen LogP contribution >= 0.6 is 11.6 Å². The smallest absolute Gasteiger partial charge is 0.148 e. The minimum Gasteiger partial charge on any atom is -0.369 e. The van der Waals surface area contributed by atoms with Crippen molar-refractivity contribution in [2.45, 2.75) is 6.92 Å². The van der Waals surface area contributed by atoms with Gasteiger partial charge in [-0.1, -0.05) is 17.7 Å². The number of rotatable bonds is 3. The van der Waals surface area contributed by atoms with E-state index in [-0.39, 0.29) is 0 Å². The van der Waals surface area contributed by atoms with Crippen molar-refractivity contribution in [2.24, 2.45) is 0 Å². The first-order valence-electron chi connectivity index (χ1n) is 4.85. The van der Waals surface area contributed by atoms with Gasteiger partial charge in [0.25, 0.3) is 0 Å². The Balaban J connectivity index is 2.29. The molecule has 78 valence electrons. The van der Waals surface area contributed by atoms with Crippen LogP contribution in [0, 0.1) is 0 Å². The van der Waals surface area contributed by atoms with Gasteiger partial charge in [0.2, 0.25) is 0 Å². The lowest BCUT2D eigenvalue weighted by atomic mass is 10.3. The normalized spacial score (nSPS) is 10.3. The number of aromatic nitrogens is 2. The topological polar surface area (TPSA) is 29.9 Å². The molecule has 3 nitrogen and oxygen atoms in total. The van der Waals surface area contributed by atoms with Gasteiger partial charge in [0, 0.05) is 23.8 Å². The summed E-state index contributed by atoms with van der Waals surface area (Å²) in [7, 11) is 0. The molecular formula is C11H12ClN3. The van der Waals surface area contributed by atoms with Gasteiger partial charge in [-0.15, -0.1) is 0 Å². The van der Waals surface area contributed by atoms with Gasteiger partial charge in [-0.25, -0.2) is 4.68 Å². The second-order valence-electron chi connectivity index (χ2n) is 3.16. The number of nitrogens with zero attached hydrogens (tertiary/aromatic N) is 2. The first-order valence-corrected chi connectivity index (χ1v) is 5.23. The summed E-state index contributed by atoms with van der Waals surface area (Å²) in [5, 5.41) is 8.22. The molecule has 0 aliphatic carbocycles. The molecule has 4 heteroatoms. The Labute approximate surface area is 93.7 Å². The molecule has 2 rings (SSSR count). The first kappa shape index (κ1) is 10.1. The number of halogens is 1. The second-order valence-corrected chi connectivity index (χ2v) is 3.59. The summed E-state index contributed by atoms with van der Waals surface area (Å²) in [5.41, 5.74) is 0.964. The van der Waals surface area contributed by atoms with E-state index in [1.54, 1.807) is 4.68 Å². The van der Waals surface area contributed by atoms with Crippen LogP contribution in [0.25, 0.3) is 5.69 Å². The maximum Gasteiger partial charge on any atom is 0.148 e. The molecule has 15 heavy (non-hydrogen) atoms. The van der Waals surface area contributed by atoms with E-state index in [9.17, 15) is 0 Å². The van der Waals surface area contributed by atoms with E-state index in [0.29, 0.717) is 5.02 Å². The van der Waals surface area contributed by atoms with Crippen molar-refractivity contribution in [1.82, 2.24) is 9.78 Å². The van der Waals surface area contributed by atoms with Crippen molar-refractivity contribution in [3.8, 4) is 5.69 Å². The molecule has 0 bridgehead atoms. The fourth-order valence-electron chi connectivity index (χ4n) is 1.36. The van der Waals surface area contributed by atoms with Gasteiger partial charge in [-0.05, 0) is 25.1 Å². The highest BCUT2D eigenvalue weighted by atomic mass is 35.5. The highest BCUT2D eigenvalue weighted by Crippen LogP contribution is 2.15. The van der Waals surface area contributed by atoms with Crippen molar-refractivity contribution in [1.29, 1.82) is 0 Å². The molecule has 0 saturated carbocycles. The van der Waals surface area contributed by atoms with Crippen LogP contribution in [0.1, 0.15) is 6.92 Å². The van der Waals surface area contributed by atoms with Gasteiger partial charge in [-0.2, -0.15) is 5.10 Å². The Morgan fingerprint density at radius 2 is 2.27 bits per heavy atom. The van der Waals surface area contributed by atoms with Crippen LogP contribution in [0.15, 0.2) is 36.5 Å². The number of hydrogen-bond donors (Lipinski definition) is 1. The van der Waals surface area contributed by atoms with Crippen LogP contribution in [0.2, 0.25) is 5.02 Å². The molecule has 2 aromatic rings. The highest BCUT2D eigenvalue weighted by Gasteiger charge is 2.00. The van der Waals surface area contributed by atoms with Crippen molar-refractivity contribution in [3.63, 3.8) is 0 Å². The Hall–Kier alpha value is -1.48. The number of benzene rings is 1. The second kappa shape index (κ2) is 4.36. The third-order valence-corrected chi connectivity index (χ3v) is 2.25. The average molecular weight is 222 g/mol. The average Bonchev–Trinajstić information content (AvgIpc) is 2.67. The maximum absolute atomic E-state index is 5.91. The van der Waals surface area contributed by atoms with Crippen LogP contribution in [0.4, 0.5) is 5.82 Å². The molecular weight excluding hydrogens is 210 g/mol. The fraction of sp³-hybridized carbons (Fsp3) is 0.182. The van der Waals surface area contributed by atoms with Crippen LogP contribution in [0.3, 0.4) is 0 Å². The minimum absolute atomic E-state index is 0.716. The lowest BCUT2D eigenvalue weighted by Gasteiger charge is -2.01. The first-order chi connectivity index (χ1) is 7.29. The highest BCUT2D eigenvalue weighted by molar-refractivity contribution is 6.30. The zero-order chi connectivity index (χ0) is 10.7. The fourth-order valence-corrected chi connectivity index (χ4v) is 1.55. The van der Waals surface area contributed by atoms with Gasteiger partial charge in [0.05, 0.1) is 5.69 Å². The summed E-state index contributed by atoms with van der Waals surface area (Å²) >= 11 is 5.91. The lowest BCUT2D eigenvalue weighted by Crippen LogP contribution is -1.99. The summed E-state index contributed by atoms with van der Waals surface area (Å²) in [6.45, 7) is 2.91. The minimum atomic E-state index is 0.716. The Kier molecular flexibility index (Phi) is 2.92. The molecule has 0 aliphatic heterocycles. The molecule has 0 saturated heterocycles. The summed E-state index contributed by atoms with van der Waals surface area (Å²) in [6.07, 6.45) is 1.91. The number of nitrogens with one attached hydrogen (secondary N) is 1. The monoisotopic (exact) mass is 221 g/mol. The molecule has 1 aromatic carbocycles. The van der Waals surface area contributed by atoms with E-state index in [0.717, 1.165) is 18.1 Å².